The van der Waals surface area contributed by atoms with Crippen LogP contribution in [-0.2, 0) is 20.1 Å². The first-order chi connectivity index (χ1) is 21.5. The molecule has 8 rings (SSSR count). The molecule has 5 nitrogen and oxygen atoms in total. The van der Waals surface area contributed by atoms with Crippen LogP contribution in [0.3, 0.4) is 0 Å². The summed E-state index contributed by atoms with van der Waals surface area (Å²) in [5.41, 5.74) is 11.7. The van der Waals surface area contributed by atoms with Gasteiger partial charge in [0.15, 0.2) is 0 Å². The molecule has 0 spiro atoms. The fraction of sp³-hybridized carbons (Fsp3) is 0.0769. The summed E-state index contributed by atoms with van der Waals surface area (Å²) in [6.45, 7) is 6.19. The van der Waals surface area contributed by atoms with Crippen molar-refractivity contribution in [2.75, 3.05) is 0 Å². The van der Waals surface area contributed by atoms with Gasteiger partial charge in [-0.2, -0.15) is 0 Å². The molecule has 0 aliphatic heterocycles. The zero-order valence-electron chi connectivity index (χ0n) is 25.0. The van der Waals surface area contributed by atoms with Crippen LogP contribution in [0.4, 0.5) is 0 Å². The van der Waals surface area contributed by atoms with Gasteiger partial charge in [0.05, 0.1) is 11.1 Å². The molecule has 0 fully saturated rings. The number of aromatic nitrogens is 4. The fourth-order valence-electron chi connectivity index (χ4n) is 5.45. The molecule has 3 aromatic carbocycles. The smallest absolute Gasteiger partial charge is 0.216 e. The summed E-state index contributed by atoms with van der Waals surface area (Å²) in [6, 6.07) is 38.8. The largest absolute Gasteiger partial charge is 0.486 e. The van der Waals surface area contributed by atoms with Crippen LogP contribution in [0.15, 0.2) is 120 Å². The number of hydrogen-bond acceptors (Lipinski definition) is 5. The van der Waals surface area contributed by atoms with Gasteiger partial charge >= 0.3 is 0 Å². The third-order valence-corrected chi connectivity index (χ3v) is 7.69. The second kappa shape index (κ2) is 12.9. The van der Waals surface area contributed by atoms with Crippen molar-refractivity contribution < 1.29 is 24.5 Å². The van der Waals surface area contributed by atoms with Crippen LogP contribution in [0.2, 0.25) is 0 Å². The monoisotopic (exact) mass is 761 g/mol. The first-order valence-corrected chi connectivity index (χ1v) is 14.5. The van der Waals surface area contributed by atoms with E-state index in [0.29, 0.717) is 5.71 Å². The Balaban J connectivity index is 0.000000231. The minimum Gasteiger partial charge on any atom is -0.486 e. The summed E-state index contributed by atoms with van der Waals surface area (Å²) in [4.78, 5) is 18.0. The fourth-order valence-corrected chi connectivity index (χ4v) is 5.45. The zero-order valence-corrected chi connectivity index (χ0v) is 27.4. The van der Waals surface area contributed by atoms with Crippen LogP contribution >= 0.6 is 0 Å². The summed E-state index contributed by atoms with van der Waals surface area (Å²) in [5.74, 6) is 0. The molecule has 0 aliphatic carbocycles. The van der Waals surface area contributed by atoms with E-state index in [4.69, 9.17) is 9.40 Å². The van der Waals surface area contributed by atoms with Gasteiger partial charge in [-0.15, -0.1) is 54.1 Å². The minimum atomic E-state index is 0. The number of rotatable bonds is 3. The SMILES string of the molecule is Cc1ccc2c(n1)oc1c(-c3cc(-c4cc5cccnc5cc4C)c(C)cn3)[c-]ccc12.[Ir].[c-]1ccccc1-c1ccccn1. The minimum absolute atomic E-state index is 0. The average molecular weight is 761 g/mol. The summed E-state index contributed by atoms with van der Waals surface area (Å²) < 4.78 is 6.19. The Morgan fingerprint density at radius 3 is 2.31 bits per heavy atom. The maximum Gasteiger partial charge on any atom is 0.216 e. The molecule has 0 saturated heterocycles. The molecule has 0 saturated carbocycles. The molecule has 0 aliphatic rings. The van der Waals surface area contributed by atoms with Gasteiger partial charge in [-0.25, -0.2) is 4.98 Å². The number of fused-ring (bicyclic) bond motifs is 4. The summed E-state index contributed by atoms with van der Waals surface area (Å²) in [6.07, 6.45) is 5.54. The second-order valence-electron chi connectivity index (χ2n) is 10.7. The number of furan rings is 1. The molecule has 221 valence electrons. The standard InChI is InChI=1S/C28H20N3O.C11H8N.Ir/c1-16-12-25-19(6-5-11-29-25)13-23(16)24-14-26(30-15-17(24)2)22-8-4-7-20-21-10-9-18(3)31-28(21)32-27(20)22;1-2-6-10(7-3-1)11-8-4-5-9-12-11;/h4-7,9-15H,1-3H3;1-6,8-9H;/q2*-1;. The molecule has 0 unspecified atom stereocenters. The molecule has 0 N–H and O–H groups in total. The van der Waals surface area contributed by atoms with Gasteiger partial charge in [0, 0.05) is 55.2 Å². The van der Waals surface area contributed by atoms with Crippen molar-refractivity contribution in [3.05, 3.63) is 145 Å². The van der Waals surface area contributed by atoms with Crippen LogP contribution < -0.4 is 0 Å². The van der Waals surface area contributed by atoms with E-state index in [1.807, 2.05) is 86.0 Å². The van der Waals surface area contributed by atoms with E-state index in [0.717, 1.165) is 66.6 Å². The number of nitrogens with zero attached hydrogens (tertiary/aromatic N) is 4. The van der Waals surface area contributed by atoms with Gasteiger partial charge in [-0.3, -0.25) is 4.98 Å². The second-order valence-corrected chi connectivity index (χ2v) is 10.7. The quantitative estimate of drug-likeness (QED) is 0.168. The van der Waals surface area contributed by atoms with Crippen LogP contribution in [0.1, 0.15) is 16.8 Å². The first-order valence-electron chi connectivity index (χ1n) is 14.5. The topological polar surface area (TPSA) is 64.7 Å². The predicted molar refractivity (Wildman–Crippen MR) is 177 cm³/mol. The molecule has 0 amide bonds. The van der Waals surface area contributed by atoms with Crippen molar-refractivity contribution in [2.45, 2.75) is 20.8 Å². The normalized spacial score (nSPS) is 10.8. The Morgan fingerprint density at radius 1 is 0.644 bits per heavy atom. The van der Waals surface area contributed by atoms with E-state index in [2.05, 4.69) is 71.3 Å². The van der Waals surface area contributed by atoms with Gasteiger partial charge in [0.2, 0.25) is 5.71 Å². The van der Waals surface area contributed by atoms with Crippen LogP contribution in [0.5, 0.6) is 0 Å². The molecule has 0 atom stereocenters. The Labute approximate surface area is 275 Å². The molecule has 1 radical (unpaired) electrons. The number of benzene rings is 3. The zero-order chi connectivity index (χ0) is 30.0. The predicted octanol–water partition coefficient (Wildman–Crippen LogP) is 9.53. The van der Waals surface area contributed by atoms with Gasteiger partial charge < -0.3 is 14.4 Å². The molecular weight excluding hydrogens is 733 g/mol. The Morgan fingerprint density at radius 2 is 1.49 bits per heavy atom. The molecule has 5 aromatic heterocycles. The van der Waals surface area contributed by atoms with Crippen LogP contribution in [-0.4, -0.2) is 19.9 Å². The van der Waals surface area contributed by atoms with Crippen molar-refractivity contribution in [3.63, 3.8) is 0 Å². The maximum absolute atomic E-state index is 6.19. The van der Waals surface area contributed by atoms with Crippen molar-refractivity contribution >= 4 is 33.0 Å². The summed E-state index contributed by atoms with van der Waals surface area (Å²) in [5, 5.41) is 3.16. The Hall–Kier alpha value is -5.03. The van der Waals surface area contributed by atoms with E-state index in [9.17, 15) is 0 Å². The number of hydrogen-bond donors (Lipinski definition) is 0. The van der Waals surface area contributed by atoms with E-state index in [1.165, 1.54) is 11.1 Å². The van der Waals surface area contributed by atoms with Crippen LogP contribution in [0, 0.1) is 32.9 Å². The number of aryl methyl sites for hydroxylation is 3. The third-order valence-electron chi connectivity index (χ3n) is 7.69. The van der Waals surface area contributed by atoms with Gasteiger partial charge in [-0.05, 0) is 90.8 Å². The van der Waals surface area contributed by atoms with Crippen molar-refractivity contribution in [2.24, 2.45) is 0 Å². The van der Waals surface area contributed by atoms with E-state index >= 15 is 0 Å². The maximum atomic E-state index is 6.19. The summed E-state index contributed by atoms with van der Waals surface area (Å²) in [7, 11) is 0. The Bertz CT molecular complexity index is 2230. The molecule has 8 aromatic rings. The van der Waals surface area contributed by atoms with Crippen molar-refractivity contribution in [1.82, 2.24) is 19.9 Å². The van der Waals surface area contributed by atoms with Gasteiger partial charge in [0.1, 0.15) is 0 Å². The average Bonchev–Trinajstić information content (AvgIpc) is 3.44. The Kier molecular flexibility index (Phi) is 8.61. The van der Waals surface area contributed by atoms with Gasteiger partial charge in [0.25, 0.3) is 0 Å². The van der Waals surface area contributed by atoms with Crippen molar-refractivity contribution in [1.29, 1.82) is 0 Å². The number of pyridine rings is 4. The molecule has 6 heteroatoms. The molecule has 0 bridgehead atoms. The van der Waals surface area contributed by atoms with Crippen molar-refractivity contribution in [3.8, 4) is 33.6 Å². The third kappa shape index (κ3) is 6.03. The molecule has 5 heterocycles. The van der Waals surface area contributed by atoms with E-state index in [1.54, 1.807) is 6.20 Å². The van der Waals surface area contributed by atoms with Crippen LogP contribution in [0.25, 0.3) is 66.6 Å². The van der Waals surface area contributed by atoms with E-state index < -0.39 is 0 Å². The van der Waals surface area contributed by atoms with Gasteiger partial charge in [-0.1, -0.05) is 35.2 Å². The first kappa shape index (κ1) is 30.0. The molecule has 45 heavy (non-hydrogen) atoms. The van der Waals surface area contributed by atoms with E-state index in [-0.39, 0.29) is 20.1 Å². The molecular formula is C39H28IrN4O-2. The summed E-state index contributed by atoms with van der Waals surface area (Å²) >= 11 is 0.